The molecule has 0 amide bonds. The summed E-state index contributed by atoms with van der Waals surface area (Å²) in [5.41, 5.74) is 1.80. The van der Waals surface area contributed by atoms with Gasteiger partial charge in [-0.25, -0.2) is 0 Å². The highest BCUT2D eigenvalue weighted by Gasteiger charge is 2.26. The molecule has 102 valence electrons. The molecular formula is C19H26. The maximum Gasteiger partial charge on any atom is -0.0111 e. The van der Waals surface area contributed by atoms with Gasteiger partial charge in [0.1, 0.15) is 0 Å². The molecule has 2 aromatic rings. The monoisotopic (exact) mass is 254 g/mol. The van der Waals surface area contributed by atoms with E-state index in [0.29, 0.717) is 11.3 Å². The van der Waals surface area contributed by atoms with Crippen LogP contribution in [0.1, 0.15) is 52.5 Å². The highest BCUT2D eigenvalue weighted by atomic mass is 14.3. The topological polar surface area (TPSA) is 0 Å². The fraction of sp³-hybridized carbons (Fsp3) is 0.474. The van der Waals surface area contributed by atoms with Crippen LogP contribution >= 0.6 is 0 Å². The number of hydrogen-bond donors (Lipinski definition) is 0. The molecule has 0 bridgehead atoms. The second-order valence-corrected chi connectivity index (χ2v) is 7.15. The van der Waals surface area contributed by atoms with Crippen LogP contribution in [0.25, 0.3) is 10.8 Å². The van der Waals surface area contributed by atoms with Crippen LogP contribution in [0.15, 0.2) is 42.5 Å². The Morgan fingerprint density at radius 2 is 1.53 bits per heavy atom. The highest BCUT2D eigenvalue weighted by Crippen LogP contribution is 2.40. The van der Waals surface area contributed by atoms with Gasteiger partial charge in [0.15, 0.2) is 0 Å². The van der Waals surface area contributed by atoms with Crippen molar-refractivity contribution in [2.45, 2.75) is 47.0 Å². The quantitative estimate of drug-likeness (QED) is 0.628. The maximum atomic E-state index is 2.38. The largest absolute Gasteiger partial charge is 0.0628 e. The van der Waals surface area contributed by atoms with Gasteiger partial charge in [0, 0.05) is 0 Å². The van der Waals surface area contributed by atoms with Crippen molar-refractivity contribution < 1.29 is 0 Å². The van der Waals surface area contributed by atoms with Crippen LogP contribution in [0.4, 0.5) is 0 Å². The van der Waals surface area contributed by atoms with Gasteiger partial charge in [-0.1, -0.05) is 77.1 Å². The summed E-state index contributed by atoms with van der Waals surface area (Å²) in [7, 11) is 0. The molecule has 0 radical (unpaired) electrons. The minimum Gasteiger partial charge on any atom is -0.0628 e. The number of rotatable bonds is 3. The van der Waals surface area contributed by atoms with Gasteiger partial charge in [-0.15, -0.1) is 0 Å². The molecule has 1 unspecified atom stereocenters. The Morgan fingerprint density at radius 3 is 2.11 bits per heavy atom. The summed E-state index contributed by atoms with van der Waals surface area (Å²) in [5, 5.41) is 2.70. The lowest BCUT2D eigenvalue weighted by Gasteiger charge is -2.33. The fourth-order valence-electron chi connectivity index (χ4n) is 2.89. The van der Waals surface area contributed by atoms with E-state index in [1.165, 1.54) is 22.8 Å². The van der Waals surface area contributed by atoms with Gasteiger partial charge in [-0.05, 0) is 40.0 Å². The first-order chi connectivity index (χ1) is 8.88. The third-order valence-electron chi connectivity index (χ3n) is 3.93. The third-order valence-corrected chi connectivity index (χ3v) is 3.93. The maximum absolute atomic E-state index is 2.38. The summed E-state index contributed by atoms with van der Waals surface area (Å²) in [5.74, 6) is 1.35. The molecule has 0 saturated carbocycles. The van der Waals surface area contributed by atoms with Crippen LogP contribution in [0.3, 0.4) is 0 Å². The summed E-state index contributed by atoms with van der Waals surface area (Å²) < 4.78 is 0. The molecule has 0 fully saturated rings. The van der Waals surface area contributed by atoms with Gasteiger partial charge in [-0.3, -0.25) is 0 Å². The summed E-state index contributed by atoms with van der Waals surface area (Å²) >= 11 is 0. The van der Waals surface area contributed by atoms with Crippen molar-refractivity contribution in [1.29, 1.82) is 0 Å². The zero-order chi connectivity index (χ0) is 14.0. The minimum atomic E-state index is 0.312. The van der Waals surface area contributed by atoms with Gasteiger partial charge in [0.25, 0.3) is 0 Å². The van der Waals surface area contributed by atoms with Crippen molar-refractivity contribution in [3.63, 3.8) is 0 Å². The van der Waals surface area contributed by atoms with E-state index >= 15 is 0 Å². The predicted octanol–water partition coefficient (Wildman–Crippen LogP) is 6.02. The summed E-state index contributed by atoms with van der Waals surface area (Å²) in [6.07, 6.45) is 1.25. The van der Waals surface area contributed by atoms with E-state index in [1.807, 2.05) is 0 Å². The smallest absolute Gasteiger partial charge is 0.0111 e. The first-order valence-electron chi connectivity index (χ1n) is 7.36. The van der Waals surface area contributed by atoms with Crippen LogP contribution in [0.2, 0.25) is 0 Å². The Balaban J connectivity index is 2.44. The molecule has 0 aliphatic rings. The van der Waals surface area contributed by atoms with E-state index in [0.717, 1.165) is 5.92 Å². The number of benzene rings is 2. The van der Waals surface area contributed by atoms with Crippen molar-refractivity contribution in [2.24, 2.45) is 11.3 Å². The lowest BCUT2D eigenvalue weighted by atomic mass is 9.72. The molecule has 0 N–H and O–H groups in total. The molecule has 0 heterocycles. The molecule has 0 heteroatoms. The van der Waals surface area contributed by atoms with Crippen LogP contribution in [-0.4, -0.2) is 0 Å². The van der Waals surface area contributed by atoms with Gasteiger partial charge >= 0.3 is 0 Å². The summed E-state index contributed by atoms with van der Waals surface area (Å²) in [6, 6.07) is 15.6. The second kappa shape index (κ2) is 5.36. The van der Waals surface area contributed by atoms with Crippen molar-refractivity contribution in [1.82, 2.24) is 0 Å². The Labute approximate surface area is 117 Å². The van der Waals surface area contributed by atoms with Gasteiger partial charge < -0.3 is 0 Å². The lowest BCUT2D eigenvalue weighted by Crippen LogP contribution is -2.20. The van der Waals surface area contributed by atoms with E-state index in [9.17, 15) is 0 Å². The van der Waals surface area contributed by atoms with Crippen molar-refractivity contribution >= 4 is 10.8 Å². The molecule has 0 aliphatic heterocycles. The van der Waals surface area contributed by atoms with Crippen LogP contribution < -0.4 is 0 Å². The standard InChI is InChI=1S/C19H26/c1-14(2)12-18(19(3,4)5)17-11-10-15-8-6-7-9-16(15)13-17/h6-11,13-14,18H,12H2,1-5H3. The minimum absolute atomic E-state index is 0.312. The zero-order valence-electron chi connectivity index (χ0n) is 12.9. The van der Waals surface area contributed by atoms with Crippen LogP contribution in [0.5, 0.6) is 0 Å². The van der Waals surface area contributed by atoms with Crippen LogP contribution in [-0.2, 0) is 0 Å². The van der Waals surface area contributed by atoms with E-state index in [4.69, 9.17) is 0 Å². The third kappa shape index (κ3) is 3.37. The average Bonchev–Trinajstić information content (AvgIpc) is 2.34. The van der Waals surface area contributed by atoms with E-state index in [2.05, 4.69) is 77.1 Å². The van der Waals surface area contributed by atoms with Gasteiger partial charge in [0.05, 0.1) is 0 Å². The molecule has 0 spiro atoms. The van der Waals surface area contributed by atoms with Gasteiger partial charge in [0.2, 0.25) is 0 Å². The first kappa shape index (κ1) is 14.1. The number of hydrogen-bond acceptors (Lipinski definition) is 0. The highest BCUT2D eigenvalue weighted by molar-refractivity contribution is 5.83. The second-order valence-electron chi connectivity index (χ2n) is 7.15. The summed E-state index contributed by atoms with van der Waals surface area (Å²) in [4.78, 5) is 0. The van der Waals surface area contributed by atoms with E-state index in [-0.39, 0.29) is 0 Å². The van der Waals surface area contributed by atoms with Gasteiger partial charge in [-0.2, -0.15) is 0 Å². The zero-order valence-corrected chi connectivity index (χ0v) is 12.9. The first-order valence-corrected chi connectivity index (χ1v) is 7.36. The summed E-state index contributed by atoms with van der Waals surface area (Å²) in [6.45, 7) is 11.7. The van der Waals surface area contributed by atoms with Crippen molar-refractivity contribution in [3.8, 4) is 0 Å². The molecule has 19 heavy (non-hydrogen) atoms. The van der Waals surface area contributed by atoms with E-state index in [1.54, 1.807) is 0 Å². The molecule has 0 aliphatic carbocycles. The Hall–Kier alpha value is -1.30. The van der Waals surface area contributed by atoms with Crippen LogP contribution in [0, 0.1) is 11.3 Å². The fourth-order valence-corrected chi connectivity index (χ4v) is 2.89. The predicted molar refractivity (Wildman–Crippen MR) is 85.6 cm³/mol. The molecular weight excluding hydrogens is 228 g/mol. The SMILES string of the molecule is CC(C)CC(c1ccc2ccccc2c1)C(C)(C)C. The average molecular weight is 254 g/mol. The Bertz CT molecular complexity index is 543. The van der Waals surface area contributed by atoms with E-state index < -0.39 is 0 Å². The lowest BCUT2D eigenvalue weighted by molar-refractivity contribution is 0.280. The van der Waals surface area contributed by atoms with Crippen molar-refractivity contribution in [2.75, 3.05) is 0 Å². The molecule has 0 saturated heterocycles. The molecule has 1 atom stereocenters. The molecule has 0 aromatic heterocycles. The Kier molecular flexibility index (Phi) is 3.99. The molecule has 0 nitrogen and oxygen atoms in total. The molecule has 2 aromatic carbocycles. The normalized spacial score (nSPS) is 14.0. The number of fused-ring (bicyclic) bond motifs is 1. The molecule has 2 rings (SSSR count). The van der Waals surface area contributed by atoms with Crippen molar-refractivity contribution in [3.05, 3.63) is 48.0 Å². The Morgan fingerprint density at radius 1 is 0.895 bits per heavy atom.